The smallest absolute Gasteiger partial charge is 0.326 e. The molecular formula is C18H24N2O3. The first-order valence-corrected chi connectivity index (χ1v) is 8.44. The van der Waals surface area contributed by atoms with Gasteiger partial charge in [-0.3, -0.25) is 9.69 Å². The van der Waals surface area contributed by atoms with Crippen molar-refractivity contribution in [2.24, 2.45) is 5.92 Å². The Balaban J connectivity index is 1.61. The number of carbonyl (C=O) groups excluding carboxylic acids is 1. The molecule has 5 nitrogen and oxygen atoms in total. The van der Waals surface area contributed by atoms with Gasteiger partial charge in [-0.2, -0.15) is 0 Å². The first-order valence-electron chi connectivity index (χ1n) is 8.44. The van der Waals surface area contributed by atoms with E-state index in [-0.39, 0.29) is 11.8 Å². The first kappa shape index (κ1) is 16.0. The summed E-state index contributed by atoms with van der Waals surface area (Å²) in [6.07, 6.45) is 3.24. The molecule has 0 saturated carbocycles. The first-order chi connectivity index (χ1) is 11.1. The van der Waals surface area contributed by atoms with Crippen LogP contribution in [0.3, 0.4) is 0 Å². The molecule has 124 valence electrons. The zero-order valence-electron chi connectivity index (χ0n) is 13.4. The predicted molar refractivity (Wildman–Crippen MR) is 86.8 cm³/mol. The highest BCUT2D eigenvalue weighted by molar-refractivity contribution is 5.85. The van der Waals surface area contributed by atoms with Gasteiger partial charge in [-0.1, -0.05) is 30.3 Å². The number of amides is 1. The highest BCUT2D eigenvalue weighted by Gasteiger charge is 2.38. The Morgan fingerprint density at radius 1 is 1.09 bits per heavy atom. The van der Waals surface area contributed by atoms with Crippen LogP contribution in [0, 0.1) is 5.92 Å². The van der Waals surface area contributed by atoms with Gasteiger partial charge in [0.2, 0.25) is 5.91 Å². The molecule has 3 rings (SSSR count). The van der Waals surface area contributed by atoms with Crippen molar-refractivity contribution in [3.05, 3.63) is 35.9 Å². The third-order valence-electron chi connectivity index (χ3n) is 4.92. The second-order valence-corrected chi connectivity index (χ2v) is 6.59. The number of benzene rings is 1. The van der Waals surface area contributed by atoms with Crippen LogP contribution < -0.4 is 0 Å². The number of carboxylic acids is 1. The lowest BCUT2D eigenvalue weighted by Gasteiger charge is -2.35. The number of nitrogens with zero attached hydrogens (tertiary/aromatic N) is 2. The highest BCUT2D eigenvalue weighted by Crippen LogP contribution is 2.25. The molecule has 2 saturated heterocycles. The standard InChI is InChI=1S/C18H24N2O3/c21-17(20-11-5-9-16(20)18(22)23)15-8-4-10-19(13-15)12-14-6-2-1-3-7-14/h1-3,6-7,15-16H,4-5,8-13H2,(H,22,23)/t15-,16+/m0/s1. The number of rotatable bonds is 4. The van der Waals surface area contributed by atoms with Gasteiger partial charge in [0.25, 0.3) is 0 Å². The fourth-order valence-corrected chi connectivity index (χ4v) is 3.76. The third kappa shape index (κ3) is 3.72. The van der Waals surface area contributed by atoms with Gasteiger partial charge in [0, 0.05) is 19.6 Å². The molecule has 2 aliphatic rings. The van der Waals surface area contributed by atoms with Crippen molar-refractivity contribution in [3.63, 3.8) is 0 Å². The van der Waals surface area contributed by atoms with E-state index in [1.54, 1.807) is 4.90 Å². The van der Waals surface area contributed by atoms with Gasteiger partial charge in [-0.25, -0.2) is 4.79 Å². The zero-order chi connectivity index (χ0) is 16.2. The van der Waals surface area contributed by atoms with Crippen molar-refractivity contribution < 1.29 is 14.7 Å². The minimum Gasteiger partial charge on any atom is -0.480 e. The largest absolute Gasteiger partial charge is 0.480 e. The summed E-state index contributed by atoms with van der Waals surface area (Å²) < 4.78 is 0. The Hall–Kier alpha value is -1.88. The van der Waals surface area contributed by atoms with Gasteiger partial charge in [0.1, 0.15) is 6.04 Å². The van der Waals surface area contributed by atoms with Crippen molar-refractivity contribution in [1.29, 1.82) is 0 Å². The van der Waals surface area contributed by atoms with Crippen LogP contribution in [0.25, 0.3) is 0 Å². The molecule has 0 aliphatic carbocycles. The summed E-state index contributed by atoms with van der Waals surface area (Å²) in [6, 6.07) is 9.66. The molecule has 1 N–H and O–H groups in total. The summed E-state index contributed by atoms with van der Waals surface area (Å²) in [5.41, 5.74) is 1.25. The number of hydrogen-bond acceptors (Lipinski definition) is 3. The molecule has 2 aliphatic heterocycles. The van der Waals surface area contributed by atoms with Gasteiger partial charge in [0.05, 0.1) is 5.92 Å². The van der Waals surface area contributed by atoms with Crippen LogP contribution in [0.5, 0.6) is 0 Å². The molecule has 23 heavy (non-hydrogen) atoms. The van der Waals surface area contributed by atoms with Crippen molar-refractivity contribution >= 4 is 11.9 Å². The van der Waals surface area contributed by atoms with Crippen LogP contribution in [0.1, 0.15) is 31.2 Å². The molecule has 1 aromatic carbocycles. The minimum atomic E-state index is -0.868. The lowest BCUT2D eigenvalue weighted by molar-refractivity contribution is -0.150. The molecule has 1 amide bonds. The molecule has 0 bridgehead atoms. The van der Waals surface area contributed by atoms with E-state index in [9.17, 15) is 14.7 Å². The normalized spacial score (nSPS) is 25.5. The zero-order valence-corrected chi connectivity index (χ0v) is 13.4. The maximum atomic E-state index is 12.7. The van der Waals surface area contributed by atoms with E-state index in [0.29, 0.717) is 13.0 Å². The maximum absolute atomic E-state index is 12.7. The highest BCUT2D eigenvalue weighted by atomic mass is 16.4. The van der Waals surface area contributed by atoms with Crippen molar-refractivity contribution in [3.8, 4) is 0 Å². The molecule has 2 fully saturated rings. The van der Waals surface area contributed by atoms with E-state index >= 15 is 0 Å². The van der Waals surface area contributed by atoms with Gasteiger partial charge < -0.3 is 10.0 Å². The second kappa shape index (κ2) is 7.13. The molecule has 0 unspecified atom stereocenters. The quantitative estimate of drug-likeness (QED) is 0.922. The Morgan fingerprint density at radius 3 is 2.57 bits per heavy atom. The van der Waals surface area contributed by atoms with Gasteiger partial charge in [-0.15, -0.1) is 0 Å². The Bertz CT molecular complexity index is 561. The predicted octanol–water partition coefficient (Wildman–Crippen LogP) is 1.97. The number of hydrogen-bond donors (Lipinski definition) is 1. The Kier molecular flexibility index (Phi) is 4.96. The number of likely N-dealkylation sites (tertiary alicyclic amines) is 2. The van der Waals surface area contributed by atoms with E-state index in [1.165, 1.54) is 5.56 Å². The van der Waals surface area contributed by atoms with Gasteiger partial charge in [0.15, 0.2) is 0 Å². The monoisotopic (exact) mass is 316 g/mol. The van der Waals surface area contributed by atoms with Crippen LogP contribution in [-0.4, -0.2) is 52.5 Å². The summed E-state index contributed by atoms with van der Waals surface area (Å²) in [5, 5.41) is 9.27. The van der Waals surface area contributed by atoms with Crippen molar-refractivity contribution in [2.75, 3.05) is 19.6 Å². The van der Waals surface area contributed by atoms with Gasteiger partial charge in [-0.05, 0) is 37.8 Å². The molecule has 2 atom stereocenters. The van der Waals surface area contributed by atoms with Crippen molar-refractivity contribution in [2.45, 2.75) is 38.3 Å². The Labute approximate surface area is 136 Å². The third-order valence-corrected chi connectivity index (χ3v) is 4.92. The van der Waals surface area contributed by atoms with Crippen LogP contribution in [0.2, 0.25) is 0 Å². The summed E-state index contributed by atoms with van der Waals surface area (Å²) in [5.74, 6) is -0.895. The molecule has 2 heterocycles. The Morgan fingerprint density at radius 2 is 1.83 bits per heavy atom. The van der Waals surface area contributed by atoms with Crippen LogP contribution in [-0.2, 0) is 16.1 Å². The molecular weight excluding hydrogens is 292 g/mol. The number of aliphatic carboxylic acids is 1. The minimum absolute atomic E-state index is 0.0349. The maximum Gasteiger partial charge on any atom is 0.326 e. The fourth-order valence-electron chi connectivity index (χ4n) is 3.76. The lowest BCUT2D eigenvalue weighted by atomic mass is 9.95. The van der Waals surface area contributed by atoms with E-state index in [1.807, 2.05) is 18.2 Å². The lowest BCUT2D eigenvalue weighted by Crippen LogP contribution is -2.48. The molecule has 0 spiro atoms. The summed E-state index contributed by atoms with van der Waals surface area (Å²) in [6.45, 7) is 3.18. The number of piperidine rings is 1. The molecule has 0 radical (unpaired) electrons. The SMILES string of the molecule is O=C(O)[C@H]1CCCN1C(=O)[C@H]1CCCN(Cc2ccccc2)C1. The molecule has 5 heteroatoms. The number of carboxylic acid groups (broad SMARTS) is 1. The summed E-state index contributed by atoms with van der Waals surface area (Å²) in [7, 11) is 0. The fraction of sp³-hybridized carbons (Fsp3) is 0.556. The van der Waals surface area contributed by atoms with E-state index in [0.717, 1.165) is 38.9 Å². The van der Waals surface area contributed by atoms with Crippen LogP contribution >= 0.6 is 0 Å². The molecule has 1 aromatic rings. The second-order valence-electron chi connectivity index (χ2n) is 6.59. The van der Waals surface area contributed by atoms with Crippen LogP contribution in [0.4, 0.5) is 0 Å². The van der Waals surface area contributed by atoms with E-state index < -0.39 is 12.0 Å². The number of carbonyl (C=O) groups is 2. The average Bonchev–Trinajstić information content (AvgIpc) is 3.05. The van der Waals surface area contributed by atoms with Crippen LogP contribution in [0.15, 0.2) is 30.3 Å². The van der Waals surface area contributed by atoms with E-state index in [2.05, 4.69) is 17.0 Å². The summed E-state index contributed by atoms with van der Waals surface area (Å²) >= 11 is 0. The van der Waals surface area contributed by atoms with Crippen molar-refractivity contribution in [1.82, 2.24) is 9.80 Å². The average molecular weight is 316 g/mol. The van der Waals surface area contributed by atoms with Gasteiger partial charge >= 0.3 is 5.97 Å². The molecule has 0 aromatic heterocycles. The summed E-state index contributed by atoms with van der Waals surface area (Å²) in [4.78, 5) is 28.0. The topological polar surface area (TPSA) is 60.9 Å². The van der Waals surface area contributed by atoms with E-state index in [4.69, 9.17) is 0 Å².